The molecule has 0 amide bonds. The lowest BCUT2D eigenvalue weighted by Crippen LogP contribution is -2.07. The van der Waals surface area contributed by atoms with Gasteiger partial charge in [0.25, 0.3) is 0 Å². The largest absolute Gasteiger partial charge is 0.490 e. The van der Waals surface area contributed by atoms with Crippen LogP contribution < -0.4 is 4.74 Å². The number of rotatable bonds is 3. The predicted octanol–water partition coefficient (Wildman–Crippen LogP) is 2.72. The van der Waals surface area contributed by atoms with Gasteiger partial charge in [-0.15, -0.1) is 0 Å². The maximum Gasteiger partial charge on any atom is 0.337 e. The van der Waals surface area contributed by atoms with Crippen LogP contribution in [0.1, 0.15) is 24.2 Å². The molecule has 0 bridgehead atoms. The van der Waals surface area contributed by atoms with E-state index in [-0.39, 0.29) is 11.7 Å². The average molecular weight is 231 g/mol. The van der Waals surface area contributed by atoms with Crippen molar-refractivity contribution in [3.05, 3.63) is 36.0 Å². The minimum Gasteiger partial charge on any atom is -0.490 e. The van der Waals surface area contributed by atoms with Crippen molar-refractivity contribution in [2.45, 2.75) is 20.0 Å². The van der Waals surface area contributed by atoms with Crippen molar-refractivity contribution in [2.75, 3.05) is 0 Å². The topological polar surface area (TPSA) is 59.4 Å². The molecule has 4 nitrogen and oxygen atoms in total. The molecule has 0 spiro atoms. The van der Waals surface area contributed by atoms with Crippen LogP contribution in [0.2, 0.25) is 0 Å². The Kier molecular flexibility index (Phi) is 2.95. The number of ether oxygens (including phenoxy) is 1. The fourth-order valence-electron chi connectivity index (χ4n) is 1.68. The van der Waals surface area contributed by atoms with E-state index >= 15 is 0 Å². The molecule has 4 heteroatoms. The number of carboxylic acid groups (broad SMARTS) is 1. The Bertz CT molecular complexity index is 564. The monoisotopic (exact) mass is 231 g/mol. The van der Waals surface area contributed by atoms with E-state index in [0.29, 0.717) is 11.3 Å². The van der Waals surface area contributed by atoms with Gasteiger partial charge in [0.2, 0.25) is 0 Å². The summed E-state index contributed by atoms with van der Waals surface area (Å²) >= 11 is 0. The van der Waals surface area contributed by atoms with Crippen LogP contribution in [0.5, 0.6) is 5.75 Å². The molecular weight excluding hydrogens is 218 g/mol. The molecule has 1 aromatic carbocycles. The van der Waals surface area contributed by atoms with E-state index in [0.717, 1.165) is 5.39 Å². The number of nitrogens with zero attached hydrogens (tertiary/aromatic N) is 1. The normalized spacial score (nSPS) is 10.8. The second-order valence-electron chi connectivity index (χ2n) is 3.98. The van der Waals surface area contributed by atoms with Gasteiger partial charge in [-0.2, -0.15) is 0 Å². The summed E-state index contributed by atoms with van der Waals surface area (Å²) in [4.78, 5) is 15.2. The summed E-state index contributed by atoms with van der Waals surface area (Å²) in [5.74, 6) is -0.321. The third-order valence-corrected chi connectivity index (χ3v) is 2.32. The van der Waals surface area contributed by atoms with Crippen molar-refractivity contribution >= 4 is 16.9 Å². The number of carbonyl (C=O) groups is 1. The maximum absolute atomic E-state index is 11.1. The van der Waals surface area contributed by atoms with Gasteiger partial charge in [-0.05, 0) is 38.1 Å². The zero-order valence-corrected chi connectivity index (χ0v) is 9.68. The highest BCUT2D eigenvalue weighted by Gasteiger charge is 2.13. The van der Waals surface area contributed by atoms with Gasteiger partial charge >= 0.3 is 5.97 Å². The van der Waals surface area contributed by atoms with E-state index in [2.05, 4.69) is 4.98 Å². The number of aromatic nitrogens is 1. The molecular formula is C13H13NO3. The minimum atomic E-state index is -0.982. The third-order valence-electron chi connectivity index (χ3n) is 2.32. The Balaban J connectivity index is 2.66. The molecule has 0 atom stereocenters. The molecule has 2 rings (SSSR count). The van der Waals surface area contributed by atoms with Gasteiger partial charge in [-0.1, -0.05) is 0 Å². The van der Waals surface area contributed by atoms with Crippen molar-refractivity contribution in [1.82, 2.24) is 4.98 Å². The lowest BCUT2D eigenvalue weighted by Gasteiger charge is -2.12. The second kappa shape index (κ2) is 4.41. The summed E-state index contributed by atoms with van der Waals surface area (Å²) in [5.41, 5.74) is 0.648. The molecule has 2 aromatic rings. The van der Waals surface area contributed by atoms with Crippen LogP contribution in [0.3, 0.4) is 0 Å². The Morgan fingerprint density at radius 2 is 2.12 bits per heavy atom. The van der Waals surface area contributed by atoms with Gasteiger partial charge < -0.3 is 9.84 Å². The highest BCUT2D eigenvalue weighted by atomic mass is 16.5. The van der Waals surface area contributed by atoms with Crippen molar-refractivity contribution in [2.24, 2.45) is 0 Å². The van der Waals surface area contributed by atoms with E-state index in [9.17, 15) is 4.79 Å². The maximum atomic E-state index is 11.1. The molecule has 17 heavy (non-hydrogen) atoms. The first-order valence-corrected chi connectivity index (χ1v) is 5.37. The van der Waals surface area contributed by atoms with Crippen LogP contribution in [0, 0.1) is 0 Å². The number of aromatic carboxylic acids is 1. The lowest BCUT2D eigenvalue weighted by molar-refractivity contribution is 0.0699. The van der Waals surface area contributed by atoms with Gasteiger partial charge in [-0.3, -0.25) is 4.98 Å². The molecule has 88 valence electrons. The molecule has 0 radical (unpaired) electrons. The summed E-state index contributed by atoms with van der Waals surface area (Å²) in [6.45, 7) is 3.85. The Labute approximate surface area is 98.9 Å². The van der Waals surface area contributed by atoms with Crippen molar-refractivity contribution in [3.8, 4) is 5.75 Å². The molecule has 0 fully saturated rings. The molecule has 0 aliphatic carbocycles. The zero-order valence-electron chi connectivity index (χ0n) is 9.68. The first-order chi connectivity index (χ1) is 8.09. The van der Waals surface area contributed by atoms with Crippen LogP contribution >= 0.6 is 0 Å². The average Bonchev–Trinajstić information content (AvgIpc) is 2.28. The van der Waals surface area contributed by atoms with Crippen molar-refractivity contribution in [3.63, 3.8) is 0 Å². The summed E-state index contributed by atoms with van der Waals surface area (Å²) in [7, 11) is 0. The second-order valence-corrected chi connectivity index (χ2v) is 3.98. The molecule has 1 heterocycles. The van der Waals surface area contributed by atoms with Gasteiger partial charge in [0, 0.05) is 11.6 Å². The smallest absolute Gasteiger partial charge is 0.337 e. The first kappa shape index (κ1) is 11.4. The zero-order chi connectivity index (χ0) is 12.4. The first-order valence-electron chi connectivity index (χ1n) is 5.37. The van der Waals surface area contributed by atoms with Crippen LogP contribution in [0.25, 0.3) is 10.9 Å². The third kappa shape index (κ3) is 2.20. The van der Waals surface area contributed by atoms with Crippen LogP contribution in [0.15, 0.2) is 30.5 Å². The van der Waals surface area contributed by atoms with Crippen molar-refractivity contribution in [1.29, 1.82) is 0 Å². The molecule has 0 saturated carbocycles. The van der Waals surface area contributed by atoms with Crippen LogP contribution in [-0.4, -0.2) is 22.2 Å². The lowest BCUT2D eigenvalue weighted by atomic mass is 10.1. The summed E-state index contributed by atoms with van der Waals surface area (Å²) in [6, 6.07) is 6.77. The number of fused-ring (bicyclic) bond motifs is 1. The quantitative estimate of drug-likeness (QED) is 0.882. The number of hydrogen-bond acceptors (Lipinski definition) is 3. The fourth-order valence-corrected chi connectivity index (χ4v) is 1.68. The number of hydrogen-bond donors (Lipinski definition) is 1. The number of pyridine rings is 1. The summed E-state index contributed by atoms with van der Waals surface area (Å²) < 4.78 is 5.63. The molecule has 0 aliphatic heterocycles. The fraction of sp³-hybridized carbons (Fsp3) is 0.231. The Hall–Kier alpha value is -2.10. The van der Waals surface area contributed by atoms with E-state index in [4.69, 9.17) is 9.84 Å². The SMILES string of the molecule is CC(C)Oc1ccc(C(=O)O)c2ncccc12. The summed E-state index contributed by atoms with van der Waals surface area (Å²) in [6.07, 6.45) is 1.61. The van der Waals surface area contributed by atoms with Crippen molar-refractivity contribution < 1.29 is 14.6 Å². The van der Waals surface area contributed by atoms with Gasteiger partial charge in [0.1, 0.15) is 5.75 Å². The predicted molar refractivity (Wildman–Crippen MR) is 64.5 cm³/mol. The van der Waals surface area contributed by atoms with Crippen LogP contribution in [0.4, 0.5) is 0 Å². The van der Waals surface area contributed by atoms with Gasteiger partial charge in [0.05, 0.1) is 17.2 Å². The van der Waals surface area contributed by atoms with Gasteiger partial charge in [-0.25, -0.2) is 4.79 Å². The highest BCUT2D eigenvalue weighted by molar-refractivity contribution is 6.03. The molecule has 0 aliphatic rings. The Morgan fingerprint density at radius 3 is 2.76 bits per heavy atom. The van der Waals surface area contributed by atoms with E-state index in [1.54, 1.807) is 18.3 Å². The van der Waals surface area contributed by atoms with E-state index in [1.807, 2.05) is 19.9 Å². The molecule has 1 aromatic heterocycles. The van der Waals surface area contributed by atoms with E-state index < -0.39 is 5.97 Å². The van der Waals surface area contributed by atoms with E-state index in [1.165, 1.54) is 6.07 Å². The molecule has 0 unspecified atom stereocenters. The molecule has 1 N–H and O–H groups in total. The summed E-state index contributed by atoms with van der Waals surface area (Å²) in [5, 5.41) is 9.80. The number of carboxylic acids is 1. The Morgan fingerprint density at radius 1 is 1.35 bits per heavy atom. The van der Waals surface area contributed by atoms with Crippen LogP contribution in [-0.2, 0) is 0 Å². The molecule has 0 saturated heterocycles. The minimum absolute atomic E-state index is 0.0362. The van der Waals surface area contributed by atoms with Gasteiger partial charge in [0.15, 0.2) is 0 Å². The highest BCUT2D eigenvalue weighted by Crippen LogP contribution is 2.27. The standard InChI is InChI=1S/C13H13NO3/c1-8(2)17-11-6-5-10(13(15)16)12-9(11)4-3-7-14-12/h3-8H,1-2H3,(H,15,16). The number of benzene rings is 1.